The molecule has 2 aromatic rings. The molecule has 0 aliphatic carbocycles. The number of likely N-dealkylation sites (tertiary alicyclic amines) is 1. The summed E-state index contributed by atoms with van der Waals surface area (Å²) in [6, 6.07) is 10.3. The molecule has 0 saturated carbocycles. The number of urea groups is 1. The van der Waals surface area contributed by atoms with Gasteiger partial charge in [0, 0.05) is 18.0 Å². The molecule has 1 unspecified atom stereocenters. The van der Waals surface area contributed by atoms with E-state index in [2.05, 4.69) is 33.0 Å². The van der Waals surface area contributed by atoms with Crippen LogP contribution >= 0.6 is 11.3 Å². The number of amides is 2. The molecule has 0 spiro atoms. The van der Waals surface area contributed by atoms with E-state index in [1.807, 2.05) is 25.1 Å². The molecule has 3 rings (SSSR count). The Morgan fingerprint density at radius 3 is 2.73 bits per heavy atom. The van der Waals surface area contributed by atoms with E-state index in [9.17, 15) is 4.79 Å². The Balaban J connectivity index is 1.51. The fourth-order valence-electron chi connectivity index (χ4n) is 3.43. The van der Waals surface area contributed by atoms with Crippen molar-refractivity contribution in [2.24, 2.45) is 0 Å². The van der Waals surface area contributed by atoms with Gasteiger partial charge in [-0.25, -0.2) is 4.79 Å². The molecule has 0 radical (unpaired) electrons. The van der Waals surface area contributed by atoms with Crippen LogP contribution in [0.1, 0.15) is 34.9 Å². The molecule has 1 aromatic carbocycles. The Morgan fingerprint density at radius 2 is 2.08 bits per heavy atom. The van der Waals surface area contributed by atoms with Gasteiger partial charge in [0.2, 0.25) is 0 Å². The van der Waals surface area contributed by atoms with Crippen molar-refractivity contribution in [2.75, 3.05) is 26.7 Å². The number of carbonyl (C=O) groups is 1. The molecule has 2 heterocycles. The molecule has 1 saturated heterocycles. The summed E-state index contributed by atoms with van der Waals surface area (Å²) >= 11 is 1.76. The third-order valence-corrected chi connectivity index (χ3v) is 5.79. The van der Waals surface area contributed by atoms with Crippen LogP contribution < -0.4 is 15.4 Å². The highest BCUT2D eigenvalue weighted by Gasteiger charge is 2.24. The topological polar surface area (TPSA) is 53.6 Å². The first kappa shape index (κ1) is 18.7. The summed E-state index contributed by atoms with van der Waals surface area (Å²) < 4.78 is 5.27. The van der Waals surface area contributed by atoms with E-state index in [0.717, 1.165) is 30.0 Å². The molecule has 1 aliphatic rings. The van der Waals surface area contributed by atoms with E-state index in [-0.39, 0.29) is 12.1 Å². The van der Waals surface area contributed by atoms with Crippen molar-refractivity contribution in [1.82, 2.24) is 15.5 Å². The van der Waals surface area contributed by atoms with Gasteiger partial charge in [0.25, 0.3) is 0 Å². The molecular formula is C20H27N3O2S. The minimum atomic E-state index is -0.126. The van der Waals surface area contributed by atoms with Crippen LogP contribution in [0.3, 0.4) is 0 Å². The van der Waals surface area contributed by atoms with Gasteiger partial charge in [-0.05, 0) is 61.5 Å². The van der Waals surface area contributed by atoms with Gasteiger partial charge in [-0.15, -0.1) is 11.3 Å². The van der Waals surface area contributed by atoms with Crippen LogP contribution in [-0.4, -0.2) is 37.7 Å². The molecule has 26 heavy (non-hydrogen) atoms. The number of aryl methyl sites for hydroxylation is 1. The number of hydrogen-bond donors (Lipinski definition) is 2. The van der Waals surface area contributed by atoms with E-state index < -0.39 is 0 Å². The molecule has 2 N–H and O–H groups in total. The van der Waals surface area contributed by atoms with Gasteiger partial charge in [0.15, 0.2) is 0 Å². The van der Waals surface area contributed by atoms with Crippen molar-refractivity contribution in [3.05, 3.63) is 51.7 Å². The van der Waals surface area contributed by atoms with E-state index in [1.54, 1.807) is 18.4 Å². The molecule has 1 aromatic heterocycles. The Bertz CT molecular complexity index is 712. The molecule has 2 amide bonds. The van der Waals surface area contributed by atoms with Gasteiger partial charge < -0.3 is 15.4 Å². The number of nitrogens with one attached hydrogen (secondary N) is 2. The molecule has 1 atom stereocenters. The normalized spacial score (nSPS) is 15.6. The SMILES string of the molecule is COc1ccc(CNC(=O)NCC(c2cccs2)N2CCCC2)cc1C. The van der Waals surface area contributed by atoms with E-state index in [0.29, 0.717) is 13.1 Å². The molecule has 5 nitrogen and oxygen atoms in total. The molecule has 1 fully saturated rings. The molecular weight excluding hydrogens is 346 g/mol. The Kier molecular flexibility index (Phi) is 6.52. The fourth-order valence-corrected chi connectivity index (χ4v) is 4.29. The van der Waals surface area contributed by atoms with Gasteiger partial charge in [-0.1, -0.05) is 18.2 Å². The maximum atomic E-state index is 12.3. The van der Waals surface area contributed by atoms with E-state index in [4.69, 9.17) is 4.74 Å². The lowest BCUT2D eigenvalue weighted by Gasteiger charge is -2.27. The monoisotopic (exact) mass is 373 g/mol. The van der Waals surface area contributed by atoms with Gasteiger partial charge >= 0.3 is 6.03 Å². The first-order valence-electron chi connectivity index (χ1n) is 9.10. The van der Waals surface area contributed by atoms with Crippen LogP contribution in [0.5, 0.6) is 5.75 Å². The third kappa shape index (κ3) is 4.77. The van der Waals surface area contributed by atoms with Crippen molar-refractivity contribution < 1.29 is 9.53 Å². The minimum Gasteiger partial charge on any atom is -0.496 e. The summed E-state index contributed by atoms with van der Waals surface area (Å²) in [5.41, 5.74) is 2.13. The number of rotatable bonds is 7. The molecule has 140 valence electrons. The summed E-state index contributed by atoms with van der Waals surface area (Å²) in [6.07, 6.45) is 2.48. The summed E-state index contributed by atoms with van der Waals surface area (Å²) in [5.74, 6) is 0.864. The van der Waals surface area contributed by atoms with Crippen molar-refractivity contribution >= 4 is 17.4 Å². The largest absolute Gasteiger partial charge is 0.496 e. The van der Waals surface area contributed by atoms with Crippen LogP contribution in [0.15, 0.2) is 35.7 Å². The highest BCUT2D eigenvalue weighted by molar-refractivity contribution is 7.10. The number of carbonyl (C=O) groups excluding carboxylic acids is 1. The Morgan fingerprint density at radius 1 is 1.27 bits per heavy atom. The summed E-state index contributed by atoms with van der Waals surface area (Å²) in [7, 11) is 1.66. The molecule has 6 heteroatoms. The van der Waals surface area contributed by atoms with Gasteiger partial charge in [0.05, 0.1) is 13.2 Å². The maximum Gasteiger partial charge on any atom is 0.315 e. The van der Waals surface area contributed by atoms with Crippen LogP contribution in [0, 0.1) is 6.92 Å². The second-order valence-corrected chi connectivity index (χ2v) is 7.62. The van der Waals surface area contributed by atoms with Crippen LogP contribution in [0.25, 0.3) is 0 Å². The van der Waals surface area contributed by atoms with Crippen LogP contribution in [0.2, 0.25) is 0 Å². The smallest absolute Gasteiger partial charge is 0.315 e. The second-order valence-electron chi connectivity index (χ2n) is 6.64. The maximum absolute atomic E-state index is 12.3. The van der Waals surface area contributed by atoms with Crippen molar-refractivity contribution in [3.8, 4) is 5.75 Å². The summed E-state index contributed by atoms with van der Waals surface area (Å²) in [5, 5.41) is 8.10. The van der Waals surface area contributed by atoms with Crippen LogP contribution in [-0.2, 0) is 6.54 Å². The highest BCUT2D eigenvalue weighted by atomic mass is 32.1. The number of ether oxygens (including phenoxy) is 1. The Labute approximate surface area is 159 Å². The number of methoxy groups -OCH3 is 1. The van der Waals surface area contributed by atoms with Crippen LogP contribution in [0.4, 0.5) is 4.79 Å². The number of benzene rings is 1. The average molecular weight is 374 g/mol. The lowest BCUT2D eigenvalue weighted by atomic mass is 10.1. The lowest BCUT2D eigenvalue weighted by molar-refractivity contribution is 0.222. The van der Waals surface area contributed by atoms with E-state index in [1.165, 1.54) is 17.7 Å². The lowest BCUT2D eigenvalue weighted by Crippen LogP contribution is -2.41. The fraction of sp³-hybridized carbons (Fsp3) is 0.450. The van der Waals surface area contributed by atoms with Gasteiger partial charge in [0.1, 0.15) is 5.75 Å². The van der Waals surface area contributed by atoms with Gasteiger partial charge in [-0.3, -0.25) is 4.90 Å². The zero-order valence-electron chi connectivity index (χ0n) is 15.5. The van der Waals surface area contributed by atoms with Crippen molar-refractivity contribution in [1.29, 1.82) is 0 Å². The summed E-state index contributed by atoms with van der Waals surface area (Å²) in [6.45, 7) is 5.36. The predicted molar refractivity (Wildman–Crippen MR) is 106 cm³/mol. The van der Waals surface area contributed by atoms with Crippen molar-refractivity contribution in [2.45, 2.75) is 32.4 Å². The van der Waals surface area contributed by atoms with E-state index >= 15 is 0 Å². The number of thiophene rings is 1. The average Bonchev–Trinajstić information content (AvgIpc) is 3.35. The van der Waals surface area contributed by atoms with Crippen molar-refractivity contribution in [3.63, 3.8) is 0 Å². The second kappa shape index (κ2) is 9.05. The standard InChI is InChI=1S/C20H27N3O2S/c1-15-12-16(7-8-18(15)25-2)13-21-20(24)22-14-17(19-6-5-11-26-19)23-9-3-4-10-23/h5-8,11-12,17H,3-4,9-10,13-14H2,1-2H3,(H2,21,22,24). The van der Waals surface area contributed by atoms with Gasteiger partial charge in [-0.2, -0.15) is 0 Å². The Hall–Kier alpha value is -2.05. The molecule has 0 bridgehead atoms. The first-order valence-corrected chi connectivity index (χ1v) is 9.98. The first-order chi connectivity index (χ1) is 12.7. The number of hydrogen-bond acceptors (Lipinski definition) is 4. The minimum absolute atomic E-state index is 0.126. The quantitative estimate of drug-likeness (QED) is 0.778. The summed E-state index contributed by atoms with van der Waals surface area (Å²) in [4.78, 5) is 16.0. The highest BCUT2D eigenvalue weighted by Crippen LogP contribution is 2.27. The predicted octanol–water partition coefficient (Wildman–Crippen LogP) is 3.70. The zero-order chi connectivity index (χ0) is 18.4. The zero-order valence-corrected chi connectivity index (χ0v) is 16.3. The third-order valence-electron chi connectivity index (χ3n) is 4.82. The molecule has 1 aliphatic heterocycles. The number of nitrogens with zero attached hydrogens (tertiary/aromatic N) is 1.